The Morgan fingerprint density at radius 1 is 0.641 bits per heavy atom. The fourth-order valence-corrected chi connectivity index (χ4v) is 8.02. The van der Waals surface area contributed by atoms with Crippen molar-refractivity contribution in [2.24, 2.45) is 0 Å². The van der Waals surface area contributed by atoms with Gasteiger partial charge in [-0.05, 0) is 46.5 Å². The van der Waals surface area contributed by atoms with E-state index in [-0.39, 0.29) is 5.41 Å². The van der Waals surface area contributed by atoms with Gasteiger partial charge in [0.1, 0.15) is 0 Å². The van der Waals surface area contributed by atoms with Crippen molar-refractivity contribution in [1.82, 2.24) is 14.5 Å². The van der Waals surface area contributed by atoms with E-state index in [1.807, 2.05) is 0 Å². The summed E-state index contributed by atoms with van der Waals surface area (Å²) >= 11 is 1.81. The van der Waals surface area contributed by atoms with Gasteiger partial charge in [0.15, 0.2) is 0 Å². The molecule has 5 aromatic carbocycles. The Labute approximate surface area is 230 Å². The number of hydrogen-bond acceptors (Lipinski definition) is 3. The van der Waals surface area contributed by atoms with Crippen molar-refractivity contribution in [2.75, 3.05) is 0 Å². The normalized spacial score (nSPS) is 14.5. The van der Waals surface area contributed by atoms with Gasteiger partial charge in [-0.1, -0.05) is 104 Å². The fraction of sp³-hybridized carbons (Fsp3) is 0.0857. The standard InChI is InChI=1S/C35H23N3S/c1-35(2)25-13-6-3-10-20(25)22-18-19-23-21-11-4-7-15-27(21)38(33(23)31(22)35)34-36-26-14-9-17-29-30(26)32(37-34)24-12-5-8-16-28(24)39-29/h3-19H,1-2H3. The van der Waals surface area contributed by atoms with Crippen LogP contribution < -0.4 is 0 Å². The number of benzene rings is 5. The lowest BCUT2D eigenvalue weighted by molar-refractivity contribution is 0.663. The first-order valence-electron chi connectivity index (χ1n) is 13.4. The molecule has 0 spiro atoms. The highest BCUT2D eigenvalue weighted by atomic mass is 32.2. The van der Waals surface area contributed by atoms with Gasteiger partial charge in [0.25, 0.3) is 0 Å². The van der Waals surface area contributed by atoms with Gasteiger partial charge in [0, 0.05) is 36.9 Å². The zero-order valence-corrected chi connectivity index (χ0v) is 22.4. The van der Waals surface area contributed by atoms with Gasteiger partial charge >= 0.3 is 0 Å². The SMILES string of the molecule is CC1(C)c2ccccc2-c2ccc3c4ccccc4n(-c4nc5c6c(cccc6n4)Sc4ccccc4-5)c3c21. The molecule has 0 atom stereocenters. The van der Waals surface area contributed by atoms with Crippen LogP contribution in [0.2, 0.25) is 0 Å². The van der Waals surface area contributed by atoms with Gasteiger partial charge in [-0.2, -0.15) is 0 Å². The lowest BCUT2D eigenvalue weighted by Gasteiger charge is -2.24. The second-order valence-electron chi connectivity index (χ2n) is 11.0. The van der Waals surface area contributed by atoms with E-state index >= 15 is 0 Å². The van der Waals surface area contributed by atoms with E-state index in [4.69, 9.17) is 9.97 Å². The molecular weight excluding hydrogens is 494 g/mol. The van der Waals surface area contributed by atoms with Crippen LogP contribution in [-0.2, 0) is 5.41 Å². The molecule has 184 valence electrons. The first-order valence-corrected chi connectivity index (χ1v) is 14.2. The smallest absolute Gasteiger partial charge is 0.235 e. The number of para-hydroxylation sites is 1. The highest BCUT2D eigenvalue weighted by Gasteiger charge is 2.38. The zero-order chi connectivity index (χ0) is 25.9. The summed E-state index contributed by atoms with van der Waals surface area (Å²) in [4.78, 5) is 13.1. The third kappa shape index (κ3) is 2.69. The van der Waals surface area contributed by atoms with Gasteiger partial charge in [-0.25, -0.2) is 9.97 Å². The second kappa shape index (κ2) is 7.37. The predicted molar refractivity (Wildman–Crippen MR) is 161 cm³/mol. The van der Waals surface area contributed by atoms with Crippen LogP contribution in [0.3, 0.4) is 0 Å². The molecule has 3 nitrogen and oxygen atoms in total. The highest BCUT2D eigenvalue weighted by molar-refractivity contribution is 7.99. The fourth-order valence-electron chi connectivity index (χ4n) is 6.91. The van der Waals surface area contributed by atoms with Crippen molar-refractivity contribution >= 4 is 44.5 Å². The maximum absolute atomic E-state index is 5.38. The van der Waals surface area contributed by atoms with Gasteiger partial charge in [0.05, 0.1) is 22.2 Å². The Morgan fingerprint density at radius 2 is 1.41 bits per heavy atom. The molecule has 7 aromatic rings. The molecule has 0 radical (unpaired) electrons. The maximum atomic E-state index is 5.38. The zero-order valence-electron chi connectivity index (χ0n) is 21.6. The van der Waals surface area contributed by atoms with Crippen molar-refractivity contribution in [2.45, 2.75) is 29.1 Å². The van der Waals surface area contributed by atoms with Crippen LogP contribution in [-0.4, -0.2) is 14.5 Å². The van der Waals surface area contributed by atoms with E-state index < -0.39 is 0 Å². The Balaban J connectivity index is 1.46. The van der Waals surface area contributed by atoms with Crippen molar-refractivity contribution in [3.8, 4) is 28.3 Å². The first-order chi connectivity index (χ1) is 19.1. The van der Waals surface area contributed by atoms with Gasteiger partial charge in [-0.3, -0.25) is 4.57 Å². The van der Waals surface area contributed by atoms with Crippen LogP contribution in [0.4, 0.5) is 0 Å². The minimum absolute atomic E-state index is 0.154. The lowest BCUT2D eigenvalue weighted by Crippen LogP contribution is -2.17. The molecule has 0 amide bonds. The van der Waals surface area contributed by atoms with E-state index in [1.54, 1.807) is 11.8 Å². The van der Waals surface area contributed by atoms with Gasteiger partial charge in [-0.15, -0.1) is 0 Å². The summed E-state index contributed by atoms with van der Waals surface area (Å²) in [5.74, 6) is 0.725. The average molecular weight is 518 g/mol. The molecule has 4 heteroatoms. The average Bonchev–Trinajstić information content (AvgIpc) is 3.42. The van der Waals surface area contributed by atoms with Crippen LogP contribution in [0.25, 0.3) is 61.0 Å². The summed E-state index contributed by atoms with van der Waals surface area (Å²) in [6.07, 6.45) is 0. The van der Waals surface area contributed by atoms with Crippen LogP contribution in [0.5, 0.6) is 0 Å². The predicted octanol–water partition coefficient (Wildman–Crippen LogP) is 9.16. The van der Waals surface area contributed by atoms with Crippen LogP contribution >= 0.6 is 11.8 Å². The molecule has 3 heterocycles. The van der Waals surface area contributed by atoms with E-state index in [1.165, 1.54) is 53.9 Å². The molecule has 2 aromatic heterocycles. The van der Waals surface area contributed by atoms with Crippen LogP contribution in [0.1, 0.15) is 25.0 Å². The van der Waals surface area contributed by atoms with Crippen LogP contribution in [0.15, 0.2) is 113 Å². The van der Waals surface area contributed by atoms with Gasteiger partial charge in [0.2, 0.25) is 5.95 Å². The highest BCUT2D eigenvalue weighted by Crippen LogP contribution is 2.53. The van der Waals surface area contributed by atoms with E-state index in [0.29, 0.717) is 0 Å². The quantitative estimate of drug-likeness (QED) is 0.217. The molecule has 0 N–H and O–H groups in total. The Morgan fingerprint density at radius 3 is 2.33 bits per heavy atom. The largest absolute Gasteiger partial charge is 0.278 e. The Bertz CT molecular complexity index is 2190. The summed E-state index contributed by atoms with van der Waals surface area (Å²) in [5, 5.41) is 3.61. The molecule has 0 bridgehead atoms. The van der Waals surface area contributed by atoms with Crippen molar-refractivity contribution in [3.05, 3.63) is 114 Å². The summed E-state index contributed by atoms with van der Waals surface area (Å²) in [5.41, 5.74) is 10.7. The number of rotatable bonds is 1. The monoisotopic (exact) mass is 517 g/mol. The molecule has 0 fully saturated rings. The number of nitrogens with zero attached hydrogens (tertiary/aromatic N) is 3. The number of aromatic nitrogens is 3. The molecule has 1 aliphatic heterocycles. The molecule has 0 saturated carbocycles. The molecule has 0 unspecified atom stereocenters. The van der Waals surface area contributed by atoms with E-state index in [9.17, 15) is 0 Å². The minimum Gasteiger partial charge on any atom is -0.278 e. The third-order valence-corrected chi connectivity index (χ3v) is 9.72. The summed E-state index contributed by atoms with van der Waals surface area (Å²) in [6, 6.07) is 37.1. The number of hydrogen-bond donors (Lipinski definition) is 0. The van der Waals surface area contributed by atoms with Crippen LogP contribution in [0, 0.1) is 0 Å². The summed E-state index contributed by atoms with van der Waals surface area (Å²) < 4.78 is 2.32. The van der Waals surface area contributed by atoms with Crippen molar-refractivity contribution in [3.63, 3.8) is 0 Å². The Hall–Kier alpha value is -4.41. The molecular formula is C35H23N3S. The topological polar surface area (TPSA) is 30.7 Å². The minimum atomic E-state index is -0.154. The molecule has 9 rings (SSSR count). The third-order valence-electron chi connectivity index (χ3n) is 8.59. The molecule has 39 heavy (non-hydrogen) atoms. The van der Waals surface area contributed by atoms with E-state index in [2.05, 4.69) is 122 Å². The molecule has 1 aliphatic carbocycles. The second-order valence-corrected chi connectivity index (χ2v) is 12.1. The van der Waals surface area contributed by atoms with Crippen molar-refractivity contribution < 1.29 is 0 Å². The maximum Gasteiger partial charge on any atom is 0.235 e. The molecule has 0 saturated heterocycles. The first kappa shape index (κ1) is 21.5. The summed E-state index contributed by atoms with van der Waals surface area (Å²) in [7, 11) is 0. The number of fused-ring (bicyclic) bond motifs is 9. The van der Waals surface area contributed by atoms with E-state index in [0.717, 1.165) is 28.1 Å². The Kier molecular flexibility index (Phi) is 4.06. The summed E-state index contributed by atoms with van der Waals surface area (Å²) in [6.45, 7) is 4.70. The van der Waals surface area contributed by atoms with Gasteiger partial charge < -0.3 is 0 Å². The lowest BCUT2D eigenvalue weighted by atomic mass is 9.81. The van der Waals surface area contributed by atoms with Crippen molar-refractivity contribution in [1.29, 1.82) is 0 Å². The molecule has 2 aliphatic rings.